The van der Waals surface area contributed by atoms with Crippen molar-refractivity contribution in [1.82, 2.24) is 18.9 Å². The first-order valence-electron chi connectivity index (χ1n) is 11.5. The van der Waals surface area contributed by atoms with Crippen LogP contribution in [-0.2, 0) is 0 Å². The lowest BCUT2D eigenvalue weighted by molar-refractivity contribution is 0.463. The number of aromatic nitrogens is 4. The van der Waals surface area contributed by atoms with Gasteiger partial charge in [-0.05, 0) is 42.5 Å². The lowest BCUT2D eigenvalue weighted by atomic mass is 10.1. The maximum atomic E-state index is 6.21. The Kier molecular flexibility index (Phi) is 4.39. The summed E-state index contributed by atoms with van der Waals surface area (Å²) < 4.78 is 10.6. The lowest BCUT2D eigenvalue weighted by Gasteiger charge is -2.10. The van der Waals surface area contributed by atoms with Gasteiger partial charge in [0, 0.05) is 17.7 Å². The first kappa shape index (κ1) is 19.6. The number of rotatable bonds is 4. The van der Waals surface area contributed by atoms with Gasteiger partial charge in [0.2, 0.25) is 11.7 Å². The summed E-state index contributed by atoms with van der Waals surface area (Å²) in [5, 5.41) is 0. The molecule has 3 aromatic heterocycles. The predicted molar refractivity (Wildman–Crippen MR) is 139 cm³/mol. The van der Waals surface area contributed by atoms with Crippen molar-refractivity contribution in [2.45, 2.75) is 0 Å². The summed E-state index contributed by atoms with van der Waals surface area (Å²) in [4.78, 5) is 9.67. The standard InChI is InChI=1S/C30H20N4O/c1-2-10-21(11-3-1)24-15-9-19-29(31-24)35-23-13-8-12-22(20-23)33-27-17-6-7-18-28(27)34-26-16-5-4-14-25(26)32-30(33)34/h1-20H. The van der Waals surface area contributed by atoms with E-state index in [2.05, 4.69) is 45.4 Å². The molecular formula is C30H20N4O. The molecule has 0 saturated heterocycles. The van der Waals surface area contributed by atoms with Crippen LogP contribution in [0.25, 0.3) is 44.8 Å². The summed E-state index contributed by atoms with van der Waals surface area (Å²) >= 11 is 0. The lowest BCUT2D eigenvalue weighted by Crippen LogP contribution is -1.96. The van der Waals surface area contributed by atoms with Gasteiger partial charge in [-0.3, -0.25) is 8.97 Å². The van der Waals surface area contributed by atoms with Crippen LogP contribution in [-0.4, -0.2) is 18.9 Å². The van der Waals surface area contributed by atoms with Crippen LogP contribution in [0.4, 0.5) is 0 Å². The van der Waals surface area contributed by atoms with Crippen molar-refractivity contribution in [1.29, 1.82) is 0 Å². The number of hydrogen-bond donors (Lipinski definition) is 0. The molecule has 5 heteroatoms. The highest BCUT2D eigenvalue weighted by molar-refractivity contribution is 5.92. The fraction of sp³-hybridized carbons (Fsp3) is 0. The summed E-state index contributed by atoms with van der Waals surface area (Å²) in [5.41, 5.74) is 7.16. The van der Waals surface area contributed by atoms with E-state index in [0.717, 1.165) is 44.8 Å². The van der Waals surface area contributed by atoms with E-state index < -0.39 is 0 Å². The molecule has 0 aliphatic heterocycles. The number of para-hydroxylation sites is 4. The second kappa shape index (κ2) is 7.85. The number of hydrogen-bond acceptors (Lipinski definition) is 3. The van der Waals surface area contributed by atoms with Crippen molar-refractivity contribution in [3.8, 4) is 28.6 Å². The van der Waals surface area contributed by atoms with Crippen molar-refractivity contribution in [3.63, 3.8) is 0 Å². The van der Waals surface area contributed by atoms with E-state index >= 15 is 0 Å². The predicted octanol–water partition coefficient (Wildman–Crippen LogP) is 7.29. The third-order valence-electron chi connectivity index (χ3n) is 6.20. The molecule has 0 fully saturated rings. The van der Waals surface area contributed by atoms with E-state index in [0.29, 0.717) is 11.6 Å². The molecule has 0 amide bonds. The maximum absolute atomic E-state index is 6.21. The van der Waals surface area contributed by atoms with E-state index in [1.807, 2.05) is 84.9 Å². The van der Waals surface area contributed by atoms with Crippen LogP contribution in [0.5, 0.6) is 11.6 Å². The largest absolute Gasteiger partial charge is 0.439 e. The number of ether oxygens (including phenoxy) is 1. The number of benzene rings is 4. The van der Waals surface area contributed by atoms with E-state index in [-0.39, 0.29) is 0 Å². The molecule has 0 bridgehead atoms. The second-order valence-electron chi connectivity index (χ2n) is 8.39. The molecule has 5 nitrogen and oxygen atoms in total. The van der Waals surface area contributed by atoms with Crippen LogP contribution in [0.2, 0.25) is 0 Å². The maximum Gasteiger partial charge on any atom is 0.220 e. The fourth-order valence-corrected chi connectivity index (χ4v) is 4.65. The Labute approximate surface area is 201 Å². The molecule has 35 heavy (non-hydrogen) atoms. The van der Waals surface area contributed by atoms with Crippen molar-refractivity contribution >= 4 is 27.8 Å². The average Bonchev–Trinajstić information content (AvgIpc) is 3.44. The van der Waals surface area contributed by atoms with Gasteiger partial charge in [0.05, 0.1) is 33.4 Å². The number of pyridine rings is 1. The third-order valence-corrected chi connectivity index (χ3v) is 6.20. The highest BCUT2D eigenvalue weighted by Gasteiger charge is 2.17. The SMILES string of the molecule is c1ccc(-c2cccc(Oc3cccc(-n4c5ccccc5n5c6ccccc6nc45)c3)n2)cc1. The number of imidazole rings is 2. The van der Waals surface area contributed by atoms with Gasteiger partial charge in [-0.2, -0.15) is 0 Å². The summed E-state index contributed by atoms with van der Waals surface area (Å²) in [6.45, 7) is 0. The number of fused-ring (bicyclic) bond motifs is 5. The Morgan fingerprint density at radius 2 is 1.31 bits per heavy atom. The highest BCUT2D eigenvalue weighted by Crippen LogP contribution is 2.31. The minimum absolute atomic E-state index is 0.553. The molecule has 0 spiro atoms. The Bertz CT molecular complexity index is 1830. The van der Waals surface area contributed by atoms with E-state index in [1.54, 1.807) is 0 Å². The van der Waals surface area contributed by atoms with Gasteiger partial charge in [-0.25, -0.2) is 9.97 Å². The molecule has 0 atom stereocenters. The molecule has 3 heterocycles. The van der Waals surface area contributed by atoms with Crippen LogP contribution in [0.3, 0.4) is 0 Å². The molecule has 0 radical (unpaired) electrons. The third kappa shape index (κ3) is 3.25. The van der Waals surface area contributed by atoms with E-state index in [4.69, 9.17) is 14.7 Å². The van der Waals surface area contributed by atoms with Crippen LogP contribution in [0.15, 0.2) is 121 Å². The van der Waals surface area contributed by atoms with Gasteiger partial charge in [0.25, 0.3) is 0 Å². The molecule has 0 N–H and O–H groups in total. The number of nitrogens with zero attached hydrogens (tertiary/aromatic N) is 4. The highest BCUT2D eigenvalue weighted by atomic mass is 16.5. The molecular weight excluding hydrogens is 432 g/mol. The Hall–Kier alpha value is -4.90. The first-order valence-corrected chi connectivity index (χ1v) is 11.5. The van der Waals surface area contributed by atoms with E-state index in [1.165, 1.54) is 0 Å². The van der Waals surface area contributed by atoms with Crippen molar-refractivity contribution < 1.29 is 4.74 Å². The van der Waals surface area contributed by atoms with Gasteiger partial charge in [-0.1, -0.05) is 66.7 Å². The zero-order chi connectivity index (χ0) is 23.2. The topological polar surface area (TPSA) is 44.4 Å². The molecule has 7 rings (SSSR count). The molecule has 0 unspecified atom stereocenters. The molecule has 0 aliphatic rings. The van der Waals surface area contributed by atoms with E-state index in [9.17, 15) is 0 Å². The second-order valence-corrected chi connectivity index (χ2v) is 8.39. The Morgan fingerprint density at radius 1 is 0.571 bits per heavy atom. The smallest absolute Gasteiger partial charge is 0.220 e. The zero-order valence-corrected chi connectivity index (χ0v) is 18.7. The van der Waals surface area contributed by atoms with Crippen LogP contribution < -0.4 is 4.74 Å². The summed E-state index contributed by atoms with van der Waals surface area (Å²) in [5.74, 6) is 2.14. The molecule has 0 saturated carbocycles. The van der Waals surface area contributed by atoms with Crippen molar-refractivity contribution in [3.05, 3.63) is 121 Å². The van der Waals surface area contributed by atoms with Crippen molar-refractivity contribution in [2.75, 3.05) is 0 Å². The van der Waals surface area contributed by atoms with Crippen molar-refractivity contribution in [2.24, 2.45) is 0 Å². The monoisotopic (exact) mass is 452 g/mol. The van der Waals surface area contributed by atoms with Gasteiger partial charge >= 0.3 is 0 Å². The van der Waals surface area contributed by atoms with Gasteiger partial charge in [0.15, 0.2) is 0 Å². The Balaban J connectivity index is 1.34. The molecule has 7 aromatic rings. The molecule has 166 valence electrons. The normalized spacial score (nSPS) is 11.4. The van der Waals surface area contributed by atoms with Gasteiger partial charge in [-0.15, -0.1) is 0 Å². The molecule has 0 aliphatic carbocycles. The van der Waals surface area contributed by atoms with Crippen LogP contribution in [0, 0.1) is 0 Å². The Morgan fingerprint density at radius 3 is 2.20 bits per heavy atom. The van der Waals surface area contributed by atoms with Gasteiger partial charge in [0.1, 0.15) is 5.75 Å². The summed E-state index contributed by atoms with van der Waals surface area (Å²) in [6, 6.07) is 40.6. The zero-order valence-electron chi connectivity index (χ0n) is 18.7. The quantitative estimate of drug-likeness (QED) is 0.282. The van der Waals surface area contributed by atoms with Gasteiger partial charge < -0.3 is 4.74 Å². The molecule has 4 aromatic carbocycles. The average molecular weight is 453 g/mol. The van der Waals surface area contributed by atoms with Crippen LogP contribution in [0.1, 0.15) is 0 Å². The minimum Gasteiger partial charge on any atom is -0.439 e. The fourth-order valence-electron chi connectivity index (χ4n) is 4.65. The summed E-state index contributed by atoms with van der Waals surface area (Å²) in [7, 11) is 0. The minimum atomic E-state index is 0.553. The first-order chi connectivity index (χ1) is 17.3. The summed E-state index contributed by atoms with van der Waals surface area (Å²) in [6.07, 6.45) is 0. The van der Waals surface area contributed by atoms with Crippen LogP contribution >= 0.6 is 0 Å².